The Balaban J connectivity index is 1.82. The van der Waals surface area contributed by atoms with E-state index in [2.05, 4.69) is 109 Å². The summed E-state index contributed by atoms with van der Waals surface area (Å²) >= 11 is 2.36. The normalized spacial score (nSPS) is 14.7. The maximum atomic E-state index is 4.38. The predicted octanol–water partition coefficient (Wildman–Crippen LogP) is 5.70. The third-order valence-electron chi connectivity index (χ3n) is 5.12. The molecule has 1 heteroatoms. The smallest absolute Gasteiger partial charge is 0.0136 e. The molecular formula is C25H21I. The molecule has 0 spiro atoms. The van der Waals surface area contributed by atoms with Gasteiger partial charge in [0.15, 0.2) is 0 Å². The Morgan fingerprint density at radius 1 is 1.04 bits per heavy atom. The number of rotatable bonds is 2. The summed E-state index contributed by atoms with van der Waals surface area (Å²) in [4.78, 5) is 0. The van der Waals surface area contributed by atoms with Crippen molar-refractivity contribution in [3.63, 3.8) is 0 Å². The molecule has 128 valence electrons. The molecule has 0 unspecified atom stereocenters. The molecule has 0 saturated heterocycles. The first-order valence-electron chi connectivity index (χ1n) is 9.01. The van der Waals surface area contributed by atoms with E-state index < -0.39 is 0 Å². The van der Waals surface area contributed by atoms with Gasteiger partial charge >= 0.3 is 0 Å². The zero-order chi connectivity index (χ0) is 18.1. The van der Waals surface area contributed by atoms with Crippen molar-refractivity contribution >= 4 is 57.7 Å². The molecule has 3 aromatic rings. The second kappa shape index (κ2) is 7.24. The zero-order valence-corrected chi connectivity index (χ0v) is 17.1. The van der Waals surface area contributed by atoms with Crippen LogP contribution in [0.2, 0.25) is 0 Å². The van der Waals surface area contributed by atoms with Crippen molar-refractivity contribution in [1.29, 1.82) is 0 Å². The monoisotopic (exact) mass is 448 g/mol. The molecule has 26 heavy (non-hydrogen) atoms. The van der Waals surface area contributed by atoms with Gasteiger partial charge in [-0.1, -0.05) is 55.1 Å². The summed E-state index contributed by atoms with van der Waals surface area (Å²) in [7, 11) is 0. The van der Waals surface area contributed by atoms with Crippen LogP contribution in [-0.2, 0) is 6.42 Å². The number of halogens is 1. The lowest BCUT2D eigenvalue weighted by Crippen LogP contribution is -2.28. The Kier molecular flexibility index (Phi) is 4.82. The highest BCUT2D eigenvalue weighted by molar-refractivity contribution is 14.1. The topological polar surface area (TPSA) is 0 Å². The Bertz CT molecular complexity index is 1160. The molecule has 0 saturated carbocycles. The number of hydrogen-bond acceptors (Lipinski definition) is 0. The molecule has 1 aliphatic rings. The van der Waals surface area contributed by atoms with E-state index in [-0.39, 0.29) is 0 Å². The fourth-order valence-electron chi connectivity index (χ4n) is 3.65. The molecule has 0 nitrogen and oxygen atoms in total. The average Bonchev–Trinajstić information content (AvgIpc) is 2.67. The fourth-order valence-corrected chi connectivity index (χ4v) is 4.17. The molecule has 0 amide bonds. The van der Waals surface area contributed by atoms with E-state index in [1.54, 1.807) is 0 Å². The highest BCUT2D eigenvalue weighted by atomic mass is 127. The van der Waals surface area contributed by atoms with Gasteiger partial charge in [-0.15, -0.1) is 0 Å². The average molecular weight is 448 g/mol. The SMILES string of the molecule is C=c1c2c(cc/c1=C/C(=C\C)c1ccc3cc(I)ccc3c1)C=CCC2. The summed E-state index contributed by atoms with van der Waals surface area (Å²) in [6.45, 7) is 6.49. The minimum absolute atomic E-state index is 1.09. The molecule has 0 bridgehead atoms. The van der Waals surface area contributed by atoms with Gasteiger partial charge in [-0.3, -0.25) is 0 Å². The summed E-state index contributed by atoms with van der Waals surface area (Å²) in [6.07, 6.45) is 11.1. The van der Waals surface area contributed by atoms with E-state index in [0.29, 0.717) is 0 Å². The molecule has 4 rings (SSSR count). The number of fused-ring (bicyclic) bond motifs is 2. The first-order valence-corrected chi connectivity index (χ1v) is 10.1. The molecular weight excluding hydrogens is 427 g/mol. The minimum Gasteiger partial charge on any atom is -0.0909 e. The Morgan fingerprint density at radius 2 is 1.85 bits per heavy atom. The number of allylic oxidation sites excluding steroid dienone is 3. The van der Waals surface area contributed by atoms with Crippen LogP contribution in [0.15, 0.2) is 60.7 Å². The molecule has 0 aliphatic heterocycles. The van der Waals surface area contributed by atoms with Crippen molar-refractivity contribution < 1.29 is 0 Å². The highest BCUT2D eigenvalue weighted by Gasteiger charge is 2.06. The van der Waals surface area contributed by atoms with E-state index >= 15 is 0 Å². The maximum absolute atomic E-state index is 4.38. The molecule has 0 aromatic heterocycles. The van der Waals surface area contributed by atoms with Gasteiger partial charge in [-0.05, 0) is 110 Å². The van der Waals surface area contributed by atoms with Crippen LogP contribution in [0.3, 0.4) is 0 Å². The maximum Gasteiger partial charge on any atom is 0.0136 e. The van der Waals surface area contributed by atoms with Crippen LogP contribution in [0.4, 0.5) is 0 Å². The zero-order valence-electron chi connectivity index (χ0n) is 14.9. The van der Waals surface area contributed by atoms with E-state index in [9.17, 15) is 0 Å². The second-order valence-corrected chi connectivity index (χ2v) is 7.98. The van der Waals surface area contributed by atoms with Crippen LogP contribution in [0, 0.1) is 3.57 Å². The van der Waals surface area contributed by atoms with Crippen LogP contribution < -0.4 is 10.4 Å². The molecule has 0 atom stereocenters. The second-order valence-electron chi connectivity index (χ2n) is 6.74. The van der Waals surface area contributed by atoms with Crippen molar-refractivity contribution in [1.82, 2.24) is 0 Å². The van der Waals surface area contributed by atoms with Gasteiger partial charge < -0.3 is 0 Å². The summed E-state index contributed by atoms with van der Waals surface area (Å²) in [5.41, 5.74) is 5.20. The number of hydrogen-bond donors (Lipinski definition) is 0. The van der Waals surface area contributed by atoms with E-state index in [1.807, 2.05) is 0 Å². The van der Waals surface area contributed by atoms with Crippen molar-refractivity contribution in [2.45, 2.75) is 19.8 Å². The lowest BCUT2D eigenvalue weighted by atomic mass is 9.93. The van der Waals surface area contributed by atoms with Crippen molar-refractivity contribution in [3.8, 4) is 0 Å². The van der Waals surface area contributed by atoms with Crippen LogP contribution in [0.1, 0.15) is 30.0 Å². The van der Waals surface area contributed by atoms with Gasteiger partial charge in [0.05, 0.1) is 0 Å². The van der Waals surface area contributed by atoms with E-state index in [1.165, 1.54) is 47.0 Å². The van der Waals surface area contributed by atoms with Crippen LogP contribution in [0.5, 0.6) is 0 Å². The summed E-state index contributed by atoms with van der Waals surface area (Å²) < 4.78 is 1.27. The molecule has 0 fully saturated rings. The van der Waals surface area contributed by atoms with Gasteiger partial charge in [0, 0.05) is 3.57 Å². The van der Waals surface area contributed by atoms with Gasteiger partial charge in [-0.25, -0.2) is 0 Å². The lowest BCUT2D eigenvalue weighted by Gasteiger charge is -2.11. The van der Waals surface area contributed by atoms with Crippen molar-refractivity contribution in [2.75, 3.05) is 0 Å². The molecule has 3 aromatic carbocycles. The highest BCUT2D eigenvalue weighted by Crippen LogP contribution is 2.24. The molecule has 0 heterocycles. The third-order valence-corrected chi connectivity index (χ3v) is 5.79. The molecule has 0 N–H and O–H groups in total. The quantitative estimate of drug-likeness (QED) is 0.442. The van der Waals surface area contributed by atoms with Crippen LogP contribution in [-0.4, -0.2) is 0 Å². The first kappa shape index (κ1) is 17.3. The van der Waals surface area contributed by atoms with Crippen LogP contribution >= 0.6 is 22.6 Å². The standard InChI is InChI=1S/C25H21I/c1-3-18(21-10-11-23-16-24(26)13-12-22(23)15-21)14-20-9-8-19-6-4-5-7-25(19)17(20)2/h3-4,6,8-16H,2,5,7H2,1H3/b18-3+,20-14-. The summed E-state index contributed by atoms with van der Waals surface area (Å²) in [6, 6.07) is 17.7. The van der Waals surface area contributed by atoms with Gasteiger partial charge in [0.1, 0.15) is 0 Å². The third kappa shape index (κ3) is 3.28. The lowest BCUT2D eigenvalue weighted by molar-refractivity contribution is 0.973. The van der Waals surface area contributed by atoms with E-state index in [0.717, 1.165) is 12.8 Å². The fraction of sp³-hybridized carbons (Fsp3) is 0.120. The van der Waals surface area contributed by atoms with Gasteiger partial charge in [-0.2, -0.15) is 0 Å². The predicted molar refractivity (Wildman–Crippen MR) is 123 cm³/mol. The Hall–Kier alpha value is -2.13. The van der Waals surface area contributed by atoms with Gasteiger partial charge in [0.2, 0.25) is 0 Å². The van der Waals surface area contributed by atoms with Crippen molar-refractivity contribution in [2.24, 2.45) is 0 Å². The molecule has 0 radical (unpaired) electrons. The Morgan fingerprint density at radius 3 is 2.69 bits per heavy atom. The van der Waals surface area contributed by atoms with Gasteiger partial charge in [0.25, 0.3) is 0 Å². The largest absolute Gasteiger partial charge is 0.0909 e. The Labute approximate surface area is 168 Å². The summed E-state index contributed by atoms with van der Waals surface area (Å²) in [5.74, 6) is 0. The minimum atomic E-state index is 1.09. The van der Waals surface area contributed by atoms with Crippen molar-refractivity contribution in [3.05, 3.63) is 91.4 Å². The number of benzene rings is 3. The molecule has 1 aliphatic carbocycles. The first-order chi connectivity index (χ1) is 12.7. The van der Waals surface area contributed by atoms with E-state index in [4.69, 9.17) is 0 Å². The summed E-state index contributed by atoms with van der Waals surface area (Å²) in [5, 5.41) is 4.95. The van der Waals surface area contributed by atoms with Crippen LogP contribution in [0.25, 0.3) is 35.1 Å².